The SMILES string of the molecule is CC(=O)N[C@@H](C)CC(C)(C)C. The summed E-state index contributed by atoms with van der Waals surface area (Å²) in [5.74, 6) is 0.0572. The van der Waals surface area contributed by atoms with Crippen molar-refractivity contribution in [3.05, 3.63) is 0 Å². The molecule has 0 aromatic rings. The Morgan fingerprint density at radius 2 is 1.91 bits per heavy atom. The van der Waals surface area contributed by atoms with Crippen LogP contribution in [0.5, 0.6) is 0 Å². The van der Waals surface area contributed by atoms with Crippen LogP contribution >= 0.6 is 0 Å². The molecule has 1 amide bonds. The zero-order valence-electron chi connectivity index (χ0n) is 8.19. The highest BCUT2D eigenvalue weighted by Gasteiger charge is 2.15. The van der Waals surface area contributed by atoms with Crippen molar-refractivity contribution in [3.63, 3.8) is 0 Å². The smallest absolute Gasteiger partial charge is 0.217 e. The van der Waals surface area contributed by atoms with Crippen molar-refractivity contribution in [1.82, 2.24) is 5.32 Å². The van der Waals surface area contributed by atoms with E-state index < -0.39 is 0 Å². The fraction of sp³-hybridized carbons (Fsp3) is 0.889. The summed E-state index contributed by atoms with van der Waals surface area (Å²) in [6, 6.07) is 0.285. The van der Waals surface area contributed by atoms with Crippen LogP contribution in [-0.2, 0) is 4.79 Å². The number of hydrogen-bond donors (Lipinski definition) is 1. The van der Waals surface area contributed by atoms with Gasteiger partial charge >= 0.3 is 0 Å². The topological polar surface area (TPSA) is 29.1 Å². The average Bonchev–Trinajstić information content (AvgIpc) is 1.53. The van der Waals surface area contributed by atoms with E-state index in [-0.39, 0.29) is 11.9 Å². The van der Waals surface area contributed by atoms with Crippen LogP contribution < -0.4 is 5.32 Å². The second-order valence-corrected chi connectivity index (χ2v) is 4.37. The monoisotopic (exact) mass is 157 g/mol. The summed E-state index contributed by atoms with van der Waals surface area (Å²) in [6.07, 6.45) is 1.02. The first-order valence-corrected chi connectivity index (χ1v) is 4.08. The number of hydrogen-bond acceptors (Lipinski definition) is 1. The van der Waals surface area contributed by atoms with Crippen LogP contribution in [0.2, 0.25) is 0 Å². The third kappa shape index (κ3) is 7.37. The van der Waals surface area contributed by atoms with E-state index >= 15 is 0 Å². The Balaban J connectivity index is 3.69. The number of rotatable bonds is 2. The zero-order chi connectivity index (χ0) is 9.07. The molecule has 0 aliphatic heterocycles. The summed E-state index contributed by atoms with van der Waals surface area (Å²) in [5.41, 5.74) is 0.294. The number of amides is 1. The van der Waals surface area contributed by atoms with Crippen LogP contribution in [0.15, 0.2) is 0 Å². The van der Waals surface area contributed by atoms with E-state index in [4.69, 9.17) is 0 Å². The summed E-state index contributed by atoms with van der Waals surface area (Å²) in [7, 11) is 0. The van der Waals surface area contributed by atoms with Gasteiger partial charge < -0.3 is 5.32 Å². The molecule has 0 aromatic carbocycles. The van der Waals surface area contributed by atoms with Gasteiger partial charge in [-0.25, -0.2) is 0 Å². The van der Waals surface area contributed by atoms with Gasteiger partial charge in [-0.15, -0.1) is 0 Å². The maximum absolute atomic E-state index is 10.6. The predicted molar refractivity (Wildman–Crippen MR) is 47.4 cm³/mol. The Kier molecular flexibility index (Phi) is 3.56. The van der Waals surface area contributed by atoms with E-state index in [1.807, 2.05) is 6.92 Å². The molecule has 0 saturated carbocycles. The van der Waals surface area contributed by atoms with E-state index in [9.17, 15) is 4.79 Å². The van der Waals surface area contributed by atoms with Gasteiger partial charge in [0.2, 0.25) is 5.91 Å². The van der Waals surface area contributed by atoms with Crippen LogP contribution in [0, 0.1) is 5.41 Å². The van der Waals surface area contributed by atoms with E-state index in [0.717, 1.165) is 6.42 Å². The Morgan fingerprint density at radius 3 is 2.18 bits per heavy atom. The molecule has 0 rings (SSSR count). The largest absolute Gasteiger partial charge is 0.354 e. The number of carbonyl (C=O) groups excluding carboxylic acids is 1. The summed E-state index contributed by atoms with van der Waals surface area (Å²) >= 11 is 0. The molecule has 0 saturated heterocycles. The van der Waals surface area contributed by atoms with Crippen LogP contribution in [0.3, 0.4) is 0 Å². The Labute approximate surface area is 69.4 Å². The first kappa shape index (κ1) is 10.5. The first-order valence-electron chi connectivity index (χ1n) is 4.08. The van der Waals surface area contributed by atoms with E-state index in [1.165, 1.54) is 0 Å². The van der Waals surface area contributed by atoms with Crippen LogP contribution in [0.1, 0.15) is 41.0 Å². The molecule has 1 atom stereocenters. The van der Waals surface area contributed by atoms with Gasteiger partial charge in [-0.1, -0.05) is 20.8 Å². The molecule has 2 heteroatoms. The fourth-order valence-corrected chi connectivity index (χ4v) is 1.32. The Hall–Kier alpha value is -0.530. The quantitative estimate of drug-likeness (QED) is 0.652. The maximum atomic E-state index is 10.6. The van der Waals surface area contributed by atoms with Gasteiger partial charge in [0.15, 0.2) is 0 Å². The molecule has 1 N–H and O–H groups in total. The molecule has 0 bridgehead atoms. The molecule has 0 aliphatic carbocycles. The highest BCUT2D eigenvalue weighted by molar-refractivity contribution is 5.73. The zero-order valence-corrected chi connectivity index (χ0v) is 8.19. The minimum absolute atomic E-state index is 0.0572. The third-order valence-electron chi connectivity index (χ3n) is 1.37. The summed E-state index contributed by atoms with van der Waals surface area (Å²) in [5, 5.41) is 2.86. The van der Waals surface area contributed by atoms with Gasteiger partial charge in [-0.3, -0.25) is 4.79 Å². The molecule has 2 nitrogen and oxygen atoms in total. The van der Waals surface area contributed by atoms with E-state index in [2.05, 4.69) is 26.1 Å². The van der Waals surface area contributed by atoms with Crippen molar-refractivity contribution in [3.8, 4) is 0 Å². The fourth-order valence-electron chi connectivity index (χ4n) is 1.32. The van der Waals surface area contributed by atoms with Crippen molar-refractivity contribution in [1.29, 1.82) is 0 Å². The predicted octanol–water partition coefficient (Wildman–Crippen LogP) is 1.95. The van der Waals surface area contributed by atoms with Crippen LogP contribution in [-0.4, -0.2) is 11.9 Å². The van der Waals surface area contributed by atoms with Crippen molar-refractivity contribution < 1.29 is 4.79 Å². The highest BCUT2D eigenvalue weighted by atomic mass is 16.1. The molecule has 0 radical (unpaired) electrons. The van der Waals surface area contributed by atoms with E-state index in [0.29, 0.717) is 5.41 Å². The summed E-state index contributed by atoms with van der Waals surface area (Å²) in [6.45, 7) is 10.1. The Bertz CT molecular complexity index is 135. The molecule has 66 valence electrons. The van der Waals surface area contributed by atoms with Crippen LogP contribution in [0.25, 0.3) is 0 Å². The number of nitrogens with one attached hydrogen (secondary N) is 1. The van der Waals surface area contributed by atoms with Crippen LogP contribution in [0.4, 0.5) is 0 Å². The van der Waals surface area contributed by atoms with Gasteiger partial charge in [0.25, 0.3) is 0 Å². The Morgan fingerprint density at radius 1 is 1.45 bits per heavy atom. The molecule has 0 aliphatic rings. The normalized spacial score (nSPS) is 14.3. The molecule has 0 aromatic heterocycles. The molecular weight excluding hydrogens is 138 g/mol. The lowest BCUT2D eigenvalue weighted by Gasteiger charge is -2.23. The van der Waals surface area contributed by atoms with Crippen molar-refractivity contribution in [2.75, 3.05) is 0 Å². The first-order chi connectivity index (χ1) is 4.81. The molecule has 0 fully saturated rings. The summed E-state index contributed by atoms with van der Waals surface area (Å²) in [4.78, 5) is 10.6. The van der Waals surface area contributed by atoms with Gasteiger partial charge in [-0.05, 0) is 18.8 Å². The second kappa shape index (κ2) is 3.74. The van der Waals surface area contributed by atoms with E-state index in [1.54, 1.807) is 6.92 Å². The van der Waals surface area contributed by atoms with Gasteiger partial charge in [0, 0.05) is 13.0 Å². The highest BCUT2D eigenvalue weighted by Crippen LogP contribution is 2.20. The lowest BCUT2D eigenvalue weighted by Crippen LogP contribution is -2.33. The molecular formula is C9H19NO. The lowest BCUT2D eigenvalue weighted by molar-refractivity contribution is -0.119. The molecule has 0 heterocycles. The summed E-state index contributed by atoms with van der Waals surface area (Å²) < 4.78 is 0. The molecule has 0 spiro atoms. The maximum Gasteiger partial charge on any atom is 0.217 e. The van der Waals surface area contributed by atoms with Gasteiger partial charge in [0.05, 0.1) is 0 Å². The third-order valence-corrected chi connectivity index (χ3v) is 1.37. The standard InChI is InChI=1S/C9H19NO/c1-7(10-8(2)11)6-9(3,4)5/h7H,6H2,1-5H3,(H,10,11)/t7-/m0/s1. The molecule has 11 heavy (non-hydrogen) atoms. The van der Waals surface area contributed by atoms with Crippen molar-refractivity contribution in [2.24, 2.45) is 5.41 Å². The minimum Gasteiger partial charge on any atom is -0.354 e. The molecule has 0 unspecified atom stereocenters. The number of carbonyl (C=O) groups is 1. The van der Waals surface area contributed by atoms with Crippen molar-refractivity contribution >= 4 is 5.91 Å². The average molecular weight is 157 g/mol. The van der Waals surface area contributed by atoms with Gasteiger partial charge in [0.1, 0.15) is 0 Å². The minimum atomic E-state index is 0.0572. The van der Waals surface area contributed by atoms with Gasteiger partial charge in [-0.2, -0.15) is 0 Å². The lowest BCUT2D eigenvalue weighted by atomic mass is 9.89. The second-order valence-electron chi connectivity index (χ2n) is 4.37. The van der Waals surface area contributed by atoms with Crippen molar-refractivity contribution in [2.45, 2.75) is 47.1 Å².